The third kappa shape index (κ3) is 6.36. The molecule has 1 rings (SSSR count). The number of nitrogens with zero attached hydrogens (tertiary/aromatic N) is 3. The van der Waals surface area contributed by atoms with E-state index in [-0.39, 0.29) is 5.88 Å². The molecule has 0 bridgehead atoms. The van der Waals surface area contributed by atoms with Crippen molar-refractivity contribution in [2.24, 2.45) is 0 Å². The summed E-state index contributed by atoms with van der Waals surface area (Å²) in [6.45, 7) is 9.98. The first-order valence-electron chi connectivity index (χ1n) is 6.87. The lowest BCUT2D eigenvalue weighted by Gasteiger charge is -2.13. The molecule has 112 valence electrons. The van der Waals surface area contributed by atoms with E-state index in [1.54, 1.807) is 4.90 Å². The number of hydrogen-bond donors (Lipinski definition) is 0. The molecular formula is C14H28FN3O. The van der Waals surface area contributed by atoms with Crippen molar-refractivity contribution < 1.29 is 9.13 Å². The lowest BCUT2D eigenvalue weighted by molar-refractivity contribution is 0.364. The fraction of sp³-hybridized carbons (Fsp3) is 0.714. The molecule has 0 aliphatic heterocycles. The average molecular weight is 273 g/mol. The van der Waals surface area contributed by atoms with Gasteiger partial charge in [0.2, 0.25) is 11.8 Å². The molecule has 0 N–H and O–H groups in total. The van der Waals surface area contributed by atoms with Gasteiger partial charge in [0.1, 0.15) is 0 Å². The quantitative estimate of drug-likeness (QED) is 0.838. The summed E-state index contributed by atoms with van der Waals surface area (Å²) in [5.74, 6) is 0.0267. The standard InChI is InChI=1S/C10H16FN3O.2C2H6/c1-5-6-7-8(11)9(15-4)13-10(12-7)14(2)3;2*1-2/h5-6H2,1-4H3;2*1-2H3. The average Bonchev–Trinajstić information content (AvgIpc) is 2.45. The van der Waals surface area contributed by atoms with E-state index in [1.807, 2.05) is 48.7 Å². The smallest absolute Gasteiger partial charge is 0.255 e. The summed E-state index contributed by atoms with van der Waals surface area (Å²) in [5.41, 5.74) is 0.410. The zero-order chi connectivity index (χ0) is 15.4. The van der Waals surface area contributed by atoms with Crippen LogP contribution in [0.4, 0.5) is 10.3 Å². The SMILES string of the molecule is CC.CC.CCCc1nc(N(C)C)nc(OC)c1F. The van der Waals surface area contributed by atoms with Crippen LogP contribution in [-0.4, -0.2) is 31.2 Å². The van der Waals surface area contributed by atoms with Gasteiger partial charge in [-0.3, -0.25) is 0 Å². The fourth-order valence-electron chi connectivity index (χ4n) is 1.20. The highest BCUT2D eigenvalue weighted by Crippen LogP contribution is 2.20. The molecule has 0 aliphatic carbocycles. The zero-order valence-corrected chi connectivity index (χ0v) is 13.5. The Morgan fingerprint density at radius 3 is 2.00 bits per heavy atom. The third-order valence-electron chi connectivity index (χ3n) is 1.96. The molecule has 0 amide bonds. The summed E-state index contributed by atoms with van der Waals surface area (Å²) in [4.78, 5) is 9.80. The maximum Gasteiger partial charge on any atom is 0.255 e. The summed E-state index contributed by atoms with van der Waals surface area (Å²) >= 11 is 0. The van der Waals surface area contributed by atoms with Crippen molar-refractivity contribution in [3.8, 4) is 5.88 Å². The Kier molecular flexibility index (Phi) is 12.3. The van der Waals surface area contributed by atoms with E-state index in [1.165, 1.54) is 7.11 Å². The molecule has 0 aromatic carbocycles. The van der Waals surface area contributed by atoms with Crippen LogP contribution in [0.1, 0.15) is 46.7 Å². The van der Waals surface area contributed by atoms with Crippen LogP contribution in [0, 0.1) is 5.82 Å². The zero-order valence-electron chi connectivity index (χ0n) is 13.5. The van der Waals surface area contributed by atoms with Crippen LogP contribution in [0.15, 0.2) is 0 Å². The van der Waals surface area contributed by atoms with Crippen molar-refractivity contribution in [2.75, 3.05) is 26.1 Å². The Bertz CT molecular complexity index is 344. The van der Waals surface area contributed by atoms with E-state index in [0.29, 0.717) is 18.1 Å². The summed E-state index contributed by atoms with van der Waals surface area (Å²) in [5, 5.41) is 0. The largest absolute Gasteiger partial charge is 0.479 e. The number of hydrogen-bond acceptors (Lipinski definition) is 4. The first kappa shape index (κ1) is 19.9. The second-order valence-electron chi connectivity index (χ2n) is 3.44. The van der Waals surface area contributed by atoms with E-state index in [9.17, 15) is 4.39 Å². The van der Waals surface area contributed by atoms with Crippen molar-refractivity contribution in [1.29, 1.82) is 0 Å². The van der Waals surface area contributed by atoms with Gasteiger partial charge in [-0.1, -0.05) is 41.0 Å². The summed E-state index contributed by atoms with van der Waals surface area (Å²) in [6.07, 6.45) is 1.43. The molecular weight excluding hydrogens is 245 g/mol. The Hall–Kier alpha value is -1.39. The molecule has 1 aromatic rings. The molecule has 0 saturated heterocycles. The van der Waals surface area contributed by atoms with Crippen LogP contribution in [-0.2, 0) is 6.42 Å². The number of aromatic nitrogens is 2. The fourth-order valence-corrected chi connectivity index (χ4v) is 1.20. The topological polar surface area (TPSA) is 38.2 Å². The monoisotopic (exact) mass is 273 g/mol. The van der Waals surface area contributed by atoms with Gasteiger partial charge < -0.3 is 9.64 Å². The highest BCUT2D eigenvalue weighted by Gasteiger charge is 2.14. The molecule has 0 unspecified atom stereocenters. The van der Waals surface area contributed by atoms with Gasteiger partial charge >= 0.3 is 0 Å². The van der Waals surface area contributed by atoms with Gasteiger partial charge in [0.25, 0.3) is 5.88 Å². The Balaban J connectivity index is 0. The Morgan fingerprint density at radius 2 is 1.63 bits per heavy atom. The minimum atomic E-state index is -0.454. The maximum absolute atomic E-state index is 13.6. The second-order valence-corrected chi connectivity index (χ2v) is 3.44. The third-order valence-corrected chi connectivity index (χ3v) is 1.96. The van der Waals surface area contributed by atoms with E-state index in [2.05, 4.69) is 9.97 Å². The Morgan fingerprint density at radius 1 is 1.11 bits per heavy atom. The minimum absolute atomic E-state index is 0.0113. The predicted molar refractivity (Wildman–Crippen MR) is 79.6 cm³/mol. The van der Waals surface area contributed by atoms with Crippen LogP contribution < -0.4 is 9.64 Å². The molecule has 0 fully saturated rings. The summed E-state index contributed by atoms with van der Waals surface area (Å²) < 4.78 is 18.5. The molecule has 0 radical (unpaired) electrons. The number of aryl methyl sites for hydroxylation is 1. The molecule has 0 spiro atoms. The normalized spacial score (nSPS) is 8.68. The molecule has 1 heterocycles. The molecule has 4 nitrogen and oxygen atoms in total. The lowest BCUT2D eigenvalue weighted by Crippen LogP contribution is -2.15. The lowest BCUT2D eigenvalue weighted by atomic mass is 10.2. The van der Waals surface area contributed by atoms with Gasteiger partial charge in [0.15, 0.2) is 0 Å². The van der Waals surface area contributed by atoms with Gasteiger partial charge in [-0.25, -0.2) is 4.98 Å². The Labute approximate surface area is 117 Å². The molecule has 0 aliphatic rings. The number of anilines is 1. The van der Waals surface area contributed by atoms with Crippen molar-refractivity contribution in [3.63, 3.8) is 0 Å². The van der Waals surface area contributed by atoms with Crippen molar-refractivity contribution >= 4 is 5.95 Å². The summed E-state index contributed by atoms with van der Waals surface area (Å²) in [7, 11) is 5.02. The molecule has 5 heteroatoms. The van der Waals surface area contributed by atoms with Crippen LogP contribution in [0.5, 0.6) is 5.88 Å². The van der Waals surface area contributed by atoms with Gasteiger partial charge in [0.05, 0.1) is 12.8 Å². The predicted octanol–water partition coefficient (Wildman–Crippen LogP) is 3.70. The van der Waals surface area contributed by atoms with E-state index in [4.69, 9.17) is 4.74 Å². The number of ether oxygens (including phenoxy) is 1. The van der Waals surface area contributed by atoms with Gasteiger partial charge in [-0.2, -0.15) is 9.37 Å². The van der Waals surface area contributed by atoms with Gasteiger partial charge in [-0.05, 0) is 6.42 Å². The number of halogens is 1. The molecule has 19 heavy (non-hydrogen) atoms. The van der Waals surface area contributed by atoms with Crippen LogP contribution in [0.25, 0.3) is 0 Å². The number of methoxy groups -OCH3 is 1. The summed E-state index contributed by atoms with van der Waals surface area (Å²) in [6, 6.07) is 0. The highest BCUT2D eigenvalue weighted by molar-refractivity contribution is 5.33. The molecule has 1 aromatic heterocycles. The second kappa shape index (κ2) is 11.7. The molecule has 0 atom stereocenters. The minimum Gasteiger partial charge on any atom is -0.479 e. The van der Waals surface area contributed by atoms with E-state index >= 15 is 0 Å². The van der Waals surface area contributed by atoms with Crippen LogP contribution in [0.2, 0.25) is 0 Å². The van der Waals surface area contributed by atoms with Crippen LogP contribution >= 0.6 is 0 Å². The van der Waals surface area contributed by atoms with E-state index in [0.717, 1.165) is 6.42 Å². The highest BCUT2D eigenvalue weighted by atomic mass is 19.1. The van der Waals surface area contributed by atoms with E-state index < -0.39 is 5.82 Å². The van der Waals surface area contributed by atoms with Crippen molar-refractivity contribution in [1.82, 2.24) is 9.97 Å². The maximum atomic E-state index is 13.6. The first-order chi connectivity index (χ1) is 9.10. The van der Waals surface area contributed by atoms with Gasteiger partial charge in [-0.15, -0.1) is 0 Å². The van der Waals surface area contributed by atoms with Crippen LogP contribution in [0.3, 0.4) is 0 Å². The van der Waals surface area contributed by atoms with Crippen molar-refractivity contribution in [2.45, 2.75) is 47.5 Å². The van der Waals surface area contributed by atoms with Gasteiger partial charge in [0, 0.05) is 14.1 Å². The van der Waals surface area contributed by atoms with Crippen molar-refractivity contribution in [3.05, 3.63) is 11.5 Å². The number of rotatable bonds is 4. The molecule has 0 saturated carbocycles. The first-order valence-corrected chi connectivity index (χ1v) is 6.87.